The van der Waals surface area contributed by atoms with Gasteiger partial charge in [-0.25, -0.2) is 0 Å². The molecule has 1 N–H and O–H groups in total. The first-order chi connectivity index (χ1) is 14.0. The molecule has 29 heavy (non-hydrogen) atoms. The van der Waals surface area contributed by atoms with Crippen LogP contribution in [0, 0.1) is 0 Å². The molecule has 0 aromatic heterocycles. The number of carbonyl (C=O) groups is 2. The van der Waals surface area contributed by atoms with Crippen molar-refractivity contribution >= 4 is 23.6 Å². The van der Waals surface area contributed by atoms with Crippen molar-refractivity contribution in [1.82, 2.24) is 10.2 Å². The van der Waals surface area contributed by atoms with Crippen LogP contribution in [0.5, 0.6) is 0 Å². The SMILES string of the molecule is CC[C@H](C)NC(=O)[C@H](C)N(CCc1ccccc1)C(=O)CCSc1ccccc1. The summed E-state index contributed by atoms with van der Waals surface area (Å²) in [6.07, 6.45) is 2.01. The summed E-state index contributed by atoms with van der Waals surface area (Å²) in [6, 6.07) is 19.8. The number of amides is 2. The predicted octanol–water partition coefficient (Wildman–Crippen LogP) is 4.54. The first kappa shape index (κ1) is 23.0. The second kappa shape index (κ2) is 12.3. The molecule has 2 aromatic rings. The van der Waals surface area contributed by atoms with Crippen molar-refractivity contribution in [3.63, 3.8) is 0 Å². The van der Waals surface area contributed by atoms with Crippen LogP contribution in [0.2, 0.25) is 0 Å². The minimum Gasteiger partial charge on any atom is -0.352 e. The second-order valence-electron chi connectivity index (χ2n) is 7.23. The highest BCUT2D eigenvalue weighted by atomic mass is 32.2. The van der Waals surface area contributed by atoms with Gasteiger partial charge in [0.05, 0.1) is 0 Å². The van der Waals surface area contributed by atoms with Crippen LogP contribution >= 0.6 is 11.8 Å². The lowest BCUT2D eigenvalue weighted by atomic mass is 10.1. The fraction of sp³-hybridized carbons (Fsp3) is 0.417. The van der Waals surface area contributed by atoms with E-state index in [4.69, 9.17) is 0 Å². The molecule has 0 aliphatic carbocycles. The Hall–Kier alpha value is -2.27. The van der Waals surface area contributed by atoms with Crippen LogP contribution in [-0.2, 0) is 16.0 Å². The van der Waals surface area contributed by atoms with Crippen molar-refractivity contribution in [3.05, 3.63) is 66.2 Å². The van der Waals surface area contributed by atoms with Crippen molar-refractivity contribution < 1.29 is 9.59 Å². The van der Waals surface area contributed by atoms with Crippen molar-refractivity contribution in [3.8, 4) is 0 Å². The normalized spacial score (nSPS) is 12.8. The summed E-state index contributed by atoms with van der Waals surface area (Å²) in [4.78, 5) is 28.5. The van der Waals surface area contributed by atoms with Gasteiger partial charge in [-0.15, -0.1) is 11.8 Å². The summed E-state index contributed by atoms with van der Waals surface area (Å²) in [7, 11) is 0. The summed E-state index contributed by atoms with van der Waals surface area (Å²) in [5.41, 5.74) is 1.17. The van der Waals surface area contributed by atoms with Crippen molar-refractivity contribution in [2.45, 2.75) is 57.0 Å². The van der Waals surface area contributed by atoms with Crippen molar-refractivity contribution in [2.24, 2.45) is 0 Å². The molecule has 0 spiro atoms. The molecular formula is C24H32N2O2S. The molecule has 0 aliphatic heterocycles. The average Bonchev–Trinajstić information content (AvgIpc) is 2.75. The highest BCUT2D eigenvalue weighted by molar-refractivity contribution is 7.99. The Morgan fingerprint density at radius 2 is 1.62 bits per heavy atom. The third kappa shape index (κ3) is 7.94. The van der Waals surface area contributed by atoms with Gasteiger partial charge in [0, 0.05) is 29.7 Å². The highest BCUT2D eigenvalue weighted by Gasteiger charge is 2.26. The number of rotatable bonds is 11. The van der Waals surface area contributed by atoms with E-state index in [1.165, 1.54) is 5.56 Å². The summed E-state index contributed by atoms with van der Waals surface area (Å²) in [5.74, 6) is 0.636. The quantitative estimate of drug-likeness (QED) is 0.551. The molecule has 2 atom stereocenters. The van der Waals surface area contributed by atoms with Crippen LogP contribution in [-0.4, -0.2) is 41.1 Å². The molecule has 2 amide bonds. The molecule has 0 saturated heterocycles. The van der Waals surface area contributed by atoms with Gasteiger partial charge in [-0.3, -0.25) is 9.59 Å². The number of nitrogens with one attached hydrogen (secondary N) is 1. The fourth-order valence-corrected chi connectivity index (χ4v) is 3.81. The number of hydrogen-bond donors (Lipinski definition) is 1. The molecule has 0 heterocycles. The lowest BCUT2D eigenvalue weighted by Crippen LogP contribution is -2.50. The molecule has 0 fully saturated rings. The zero-order valence-electron chi connectivity index (χ0n) is 17.6. The van der Waals surface area contributed by atoms with E-state index in [-0.39, 0.29) is 17.9 Å². The molecule has 0 radical (unpaired) electrons. The van der Waals surface area contributed by atoms with Gasteiger partial charge in [0.2, 0.25) is 11.8 Å². The largest absolute Gasteiger partial charge is 0.352 e. The summed E-state index contributed by atoms with van der Waals surface area (Å²) in [5, 5.41) is 3.01. The monoisotopic (exact) mass is 412 g/mol. The Balaban J connectivity index is 1.99. The number of nitrogens with zero attached hydrogens (tertiary/aromatic N) is 1. The average molecular weight is 413 g/mol. The first-order valence-corrected chi connectivity index (χ1v) is 11.3. The maximum Gasteiger partial charge on any atom is 0.242 e. The summed E-state index contributed by atoms with van der Waals surface area (Å²) >= 11 is 1.67. The Bertz CT molecular complexity index is 752. The minimum absolute atomic E-state index is 0.0242. The molecule has 2 rings (SSSR count). The van der Waals surface area contributed by atoms with E-state index in [0.29, 0.717) is 18.7 Å². The third-order valence-electron chi connectivity index (χ3n) is 4.98. The van der Waals surface area contributed by atoms with Crippen LogP contribution in [0.15, 0.2) is 65.6 Å². The van der Waals surface area contributed by atoms with Gasteiger partial charge in [0.15, 0.2) is 0 Å². The fourth-order valence-electron chi connectivity index (χ4n) is 2.95. The van der Waals surface area contributed by atoms with Gasteiger partial charge in [0.25, 0.3) is 0 Å². The zero-order chi connectivity index (χ0) is 21.1. The number of carbonyl (C=O) groups excluding carboxylic acids is 2. The smallest absolute Gasteiger partial charge is 0.242 e. The predicted molar refractivity (Wildman–Crippen MR) is 121 cm³/mol. The van der Waals surface area contributed by atoms with Gasteiger partial charge in [-0.1, -0.05) is 55.5 Å². The number of benzene rings is 2. The second-order valence-corrected chi connectivity index (χ2v) is 8.40. The van der Waals surface area contributed by atoms with Gasteiger partial charge in [-0.05, 0) is 44.4 Å². The van der Waals surface area contributed by atoms with E-state index >= 15 is 0 Å². The van der Waals surface area contributed by atoms with Crippen LogP contribution in [0.1, 0.15) is 39.2 Å². The maximum absolute atomic E-state index is 13.0. The van der Waals surface area contributed by atoms with E-state index in [1.54, 1.807) is 16.7 Å². The standard InChI is InChI=1S/C24H32N2O2S/c1-4-19(2)25-24(28)20(3)26(17-15-21-11-7-5-8-12-21)23(27)16-18-29-22-13-9-6-10-14-22/h5-14,19-20H,4,15-18H2,1-3H3,(H,25,28)/t19-,20-/m0/s1. The Kier molecular flexibility index (Phi) is 9.78. The zero-order valence-corrected chi connectivity index (χ0v) is 18.5. The molecule has 156 valence electrons. The van der Waals surface area contributed by atoms with E-state index in [9.17, 15) is 9.59 Å². The Morgan fingerprint density at radius 3 is 2.24 bits per heavy atom. The first-order valence-electron chi connectivity index (χ1n) is 10.3. The topological polar surface area (TPSA) is 49.4 Å². The maximum atomic E-state index is 13.0. The molecule has 2 aromatic carbocycles. The molecule has 5 heteroatoms. The van der Waals surface area contributed by atoms with Gasteiger partial charge in [-0.2, -0.15) is 0 Å². The minimum atomic E-state index is -0.484. The lowest BCUT2D eigenvalue weighted by molar-refractivity contribution is -0.139. The van der Waals surface area contributed by atoms with Crippen LogP contribution in [0.3, 0.4) is 0 Å². The number of thioether (sulfide) groups is 1. The van der Waals surface area contributed by atoms with Gasteiger partial charge < -0.3 is 10.2 Å². The van der Waals surface area contributed by atoms with E-state index in [0.717, 1.165) is 17.7 Å². The van der Waals surface area contributed by atoms with Crippen molar-refractivity contribution in [2.75, 3.05) is 12.3 Å². The van der Waals surface area contributed by atoms with Gasteiger partial charge >= 0.3 is 0 Å². The lowest BCUT2D eigenvalue weighted by Gasteiger charge is -2.29. The van der Waals surface area contributed by atoms with Crippen LogP contribution < -0.4 is 5.32 Å². The molecule has 0 saturated carbocycles. The number of hydrogen-bond acceptors (Lipinski definition) is 3. The Morgan fingerprint density at radius 1 is 1.00 bits per heavy atom. The van der Waals surface area contributed by atoms with E-state index in [2.05, 4.69) is 17.4 Å². The van der Waals surface area contributed by atoms with Gasteiger partial charge in [0.1, 0.15) is 6.04 Å². The van der Waals surface area contributed by atoms with Crippen LogP contribution in [0.4, 0.5) is 0 Å². The highest BCUT2D eigenvalue weighted by Crippen LogP contribution is 2.19. The molecule has 4 nitrogen and oxygen atoms in total. The molecule has 0 aliphatic rings. The summed E-state index contributed by atoms with van der Waals surface area (Å²) in [6.45, 7) is 6.38. The Labute approximate surface area is 179 Å². The molecular weight excluding hydrogens is 380 g/mol. The molecule has 0 unspecified atom stereocenters. The van der Waals surface area contributed by atoms with E-state index in [1.807, 2.05) is 69.3 Å². The molecule has 0 bridgehead atoms. The van der Waals surface area contributed by atoms with Crippen molar-refractivity contribution in [1.29, 1.82) is 0 Å². The summed E-state index contributed by atoms with van der Waals surface area (Å²) < 4.78 is 0. The third-order valence-corrected chi connectivity index (χ3v) is 5.99. The van der Waals surface area contributed by atoms with E-state index < -0.39 is 6.04 Å². The van der Waals surface area contributed by atoms with Crippen LogP contribution in [0.25, 0.3) is 0 Å².